The summed E-state index contributed by atoms with van der Waals surface area (Å²) in [6, 6.07) is 56.0. The first-order valence-electron chi connectivity index (χ1n) is 19.8. The average Bonchev–Trinajstić information content (AvgIpc) is 3.55. The molecular weight excluding hydrogens is 669 g/mol. The third-order valence-electron chi connectivity index (χ3n) is 13.4. The van der Waals surface area contributed by atoms with Crippen LogP contribution in [-0.4, -0.2) is 15.0 Å². The molecule has 1 atom stereocenters. The van der Waals surface area contributed by atoms with E-state index in [0.717, 1.165) is 56.7 Å². The highest BCUT2D eigenvalue weighted by Gasteiger charge is 2.52. The lowest BCUT2D eigenvalue weighted by Crippen LogP contribution is -2.48. The monoisotopic (exact) mass is 708 g/mol. The fraction of sp³-hybridized carbons (Fsp3) is 0.216. The Kier molecular flexibility index (Phi) is 7.29. The molecular formula is C51H40N4. The van der Waals surface area contributed by atoms with Crippen LogP contribution in [0.1, 0.15) is 71.9 Å². The van der Waals surface area contributed by atoms with Crippen molar-refractivity contribution in [1.29, 1.82) is 5.26 Å². The second-order valence-electron chi connectivity index (χ2n) is 16.5. The van der Waals surface area contributed by atoms with Gasteiger partial charge in [-0.1, -0.05) is 140 Å². The van der Waals surface area contributed by atoms with Gasteiger partial charge in [-0.2, -0.15) is 5.26 Å². The van der Waals surface area contributed by atoms with Gasteiger partial charge < -0.3 is 0 Å². The Bertz CT molecular complexity index is 2590. The second-order valence-corrected chi connectivity index (χ2v) is 16.5. The summed E-state index contributed by atoms with van der Waals surface area (Å²) in [5, 5.41) is 9.78. The predicted molar refractivity (Wildman–Crippen MR) is 218 cm³/mol. The molecule has 1 unspecified atom stereocenters. The fourth-order valence-electron chi connectivity index (χ4n) is 11.6. The van der Waals surface area contributed by atoms with E-state index < -0.39 is 5.41 Å². The van der Waals surface area contributed by atoms with Crippen LogP contribution in [0, 0.1) is 29.1 Å². The van der Waals surface area contributed by atoms with Crippen molar-refractivity contribution in [2.24, 2.45) is 17.8 Å². The summed E-state index contributed by atoms with van der Waals surface area (Å²) in [6.45, 7) is 0. The first kappa shape index (κ1) is 32.3. The van der Waals surface area contributed by atoms with E-state index in [1.165, 1.54) is 55.2 Å². The molecule has 4 saturated carbocycles. The van der Waals surface area contributed by atoms with Crippen LogP contribution in [0.25, 0.3) is 45.3 Å². The lowest BCUT2D eigenvalue weighted by molar-refractivity contribution is -0.00518. The first-order chi connectivity index (χ1) is 27.1. The van der Waals surface area contributed by atoms with Crippen molar-refractivity contribution in [3.8, 4) is 51.4 Å². The summed E-state index contributed by atoms with van der Waals surface area (Å²) in [5.41, 5.74) is 11.6. The molecule has 4 bridgehead atoms. The number of nitriles is 1. The SMILES string of the molecule is N#Cc1ccc(C2(c3ccccc3)c3ccccc3-c3cccc(-c4nc(-c5ccccc5)nc(-c5ccc(C67C[C@H]8C[C@@H](C6)C[C@@H](C7)C8)cc5)n4)c32)cc1. The largest absolute Gasteiger partial charge is 0.208 e. The third-order valence-corrected chi connectivity index (χ3v) is 13.4. The van der Waals surface area contributed by atoms with Crippen LogP contribution >= 0.6 is 0 Å². The summed E-state index contributed by atoms with van der Waals surface area (Å²) >= 11 is 0. The van der Waals surface area contributed by atoms with Crippen molar-refractivity contribution in [3.63, 3.8) is 0 Å². The van der Waals surface area contributed by atoms with E-state index in [2.05, 4.69) is 127 Å². The topological polar surface area (TPSA) is 62.5 Å². The Labute approximate surface area is 322 Å². The van der Waals surface area contributed by atoms with E-state index in [1.807, 2.05) is 30.3 Å². The van der Waals surface area contributed by atoms with E-state index in [1.54, 1.807) is 0 Å². The second kappa shape index (κ2) is 12.4. The third kappa shape index (κ3) is 4.99. The summed E-state index contributed by atoms with van der Waals surface area (Å²) < 4.78 is 0. The lowest BCUT2D eigenvalue weighted by Gasteiger charge is -2.57. The number of nitrogens with zero attached hydrogens (tertiary/aromatic N) is 4. The zero-order valence-corrected chi connectivity index (χ0v) is 30.7. The van der Waals surface area contributed by atoms with Gasteiger partial charge in [-0.25, -0.2) is 15.0 Å². The van der Waals surface area contributed by atoms with Gasteiger partial charge in [0.2, 0.25) is 0 Å². The molecule has 5 aliphatic carbocycles. The quantitative estimate of drug-likeness (QED) is 0.172. The summed E-state index contributed by atoms with van der Waals surface area (Å²) in [6.07, 6.45) is 8.36. The molecule has 7 aromatic rings. The van der Waals surface area contributed by atoms with Crippen LogP contribution in [0.4, 0.5) is 0 Å². The van der Waals surface area contributed by atoms with Gasteiger partial charge in [0.05, 0.1) is 17.0 Å². The molecule has 6 aromatic carbocycles. The molecule has 1 heterocycles. The van der Waals surface area contributed by atoms with E-state index in [-0.39, 0.29) is 0 Å². The van der Waals surface area contributed by atoms with Gasteiger partial charge in [0, 0.05) is 16.7 Å². The molecule has 0 aliphatic heterocycles. The maximum atomic E-state index is 9.78. The fourth-order valence-corrected chi connectivity index (χ4v) is 11.6. The number of rotatable bonds is 6. The maximum absolute atomic E-state index is 9.78. The summed E-state index contributed by atoms with van der Waals surface area (Å²) in [4.78, 5) is 15.8. The molecule has 0 radical (unpaired) electrons. The molecule has 0 N–H and O–H groups in total. The number of aromatic nitrogens is 3. The lowest BCUT2D eigenvalue weighted by atomic mass is 9.48. The zero-order valence-electron chi connectivity index (χ0n) is 30.7. The molecule has 4 fully saturated rings. The van der Waals surface area contributed by atoms with Crippen LogP contribution in [0.5, 0.6) is 0 Å². The molecule has 264 valence electrons. The van der Waals surface area contributed by atoms with E-state index in [0.29, 0.717) is 28.5 Å². The van der Waals surface area contributed by atoms with Gasteiger partial charge in [0.15, 0.2) is 17.5 Å². The van der Waals surface area contributed by atoms with E-state index in [4.69, 9.17) is 15.0 Å². The minimum absolute atomic E-state index is 0.332. The molecule has 4 nitrogen and oxygen atoms in total. The van der Waals surface area contributed by atoms with Crippen LogP contribution < -0.4 is 0 Å². The van der Waals surface area contributed by atoms with Crippen molar-refractivity contribution in [2.45, 2.75) is 49.4 Å². The molecule has 12 rings (SSSR count). The Balaban J connectivity index is 1.12. The Morgan fingerprint density at radius 2 is 0.964 bits per heavy atom. The predicted octanol–water partition coefficient (Wildman–Crippen LogP) is 11.6. The summed E-state index contributed by atoms with van der Waals surface area (Å²) in [7, 11) is 0. The van der Waals surface area contributed by atoms with Crippen LogP contribution in [0.15, 0.2) is 152 Å². The van der Waals surface area contributed by atoms with Gasteiger partial charge in [0.1, 0.15) is 0 Å². The Hall–Kier alpha value is -6.18. The molecule has 1 aromatic heterocycles. The smallest absolute Gasteiger partial charge is 0.164 e. The molecule has 5 aliphatic rings. The molecule has 0 spiro atoms. The van der Waals surface area contributed by atoms with Crippen molar-refractivity contribution < 1.29 is 0 Å². The van der Waals surface area contributed by atoms with Gasteiger partial charge in [-0.05, 0) is 113 Å². The zero-order chi connectivity index (χ0) is 36.6. The molecule has 55 heavy (non-hydrogen) atoms. The van der Waals surface area contributed by atoms with Gasteiger partial charge in [0.25, 0.3) is 0 Å². The van der Waals surface area contributed by atoms with Crippen molar-refractivity contribution in [2.75, 3.05) is 0 Å². The minimum atomic E-state index is -0.684. The number of fused-ring (bicyclic) bond motifs is 3. The molecule has 0 saturated heterocycles. The average molecular weight is 709 g/mol. The van der Waals surface area contributed by atoms with Gasteiger partial charge >= 0.3 is 0 Å². The highest BCUT2D eigenvalue weighted by atomic mass is 15.0. The van der Waals surface area contributed by atoms with Crippen LogP contribution in [0.2, 0.25) is 0 Å². The number of hydrogen-bond acceptors (Lipinski definition) is 4. The Morgan fingerprint density at radius 1 is 0.455 bits per heavy atom. The number of hydrogen-bond donors (Lipinski definition) is 0. The van der Waals surface area contributed by atoms with E-state index in [9.17, 15) is 5.26 Å². The standard InChI is InChI=1S/C51H40N4/c52-32-33-18-22-41(23-19-33)51(40-12-5-2-6-13-40)45-17-8-7-14-42(45)43-15-9-16-44(46(43)51)49-54-47(37-10-3-1-4-11-37)53-48(55-49)38-20-24-39(25-21-38)50-29-34-26-35(30-50)28-36(27-34)31-50/h1-25,34-36H,26-31H2/t34-,35+,36-,50?,51?. The Morgan fingerprint density at radius 3 is 1.62 bits per heavy atom. The first-order valence-corrected chi connectivity index (χ1v) is 19.8. The highest BCUT2D eigenvalue weighted by molar-refractivity contribution is 5.92. The summed E-state index contributed by atoms with van der Waals surface area (Å²) in [5.74, 6) is 4.68. The maximum Gasteiger partial charge on any atom is 0.164 e. The van der Waals surface area contributed by atoms with Crippen LogP contribution in [0.3, 0.4) is 0 Å². The van der Waals surface area contributed by atoms with Crippen molar-refractivity contribution in [1.82, 2.24) is 15.0 Å². The molecule has 0 amide bonds. The highest BCUT2D eigenvalue weighted by Crippen LogP contribution is 2.61. The van der Waals surface area contributed by atoms with Gasteiger partial charge in [-0.15, -0.1) is 0 Å². The molecule has 4 heteroatoms. The van der Waals surface area contributed by atoms with Gasteiger partial charge in [-0.3, -0.25) is 0 Å². The van der Waals surface area contributed by atoms with E-state index >= 15 is 0 Å². The normalized spacial score (nSPS) is 24.2. The number of benzene rings is 6. The van der Waals surface area contributed by atoms with Crippen molar-refractivity contribution in [3.05, 3.63) is 185 Å². The van der Waals surface area contributed by atoms with Crippen LogP contribution in [-0.2, 0) is 10.8 Å². The minimum Gasteiger partial charge on any atom is -0.208 e. The van der Waals surface area contributed by atoms with Crippen molar-refractivity contribution >= 4 is 0 Å².